The number of hydrogen-bond donors (Lipinski definition) is 1. The number of hydrogen-bond acceptors (Lipinski definition) is 4. The van der Waals surface area contributed by atoms with Gasteiger partial charge in [0.15, 0.2) is 0 Å². The van der Waals surface area contributed by atoms with Crippen molar-refractivity contribution in [2.45, 2.75) is 45.6 Å². The first-order valence-corrected chi connectivity index (χ1v) is 7.76. The topological polar surface area (TPSA) is 51.0 Å². The van der Waals surface area contributed by atoms with E-state index < -0.39 is 0 Å². The summed E-state index contributed by atoms with van der Waals surface area (Å²) in [6.07, 6.45) is 2.00. The van der Waals surface area contributed by atoms with Crippen molar-refractivity contribution in [3.8, 4) is 0 Å². The average molecular weight is 287 g/mol. The summed E-state index contributed by atoms with van der Waals surface area (Å²) in [5, 5.41) is 11.8. The van der Waals surface area contributed by atoms with Crippen LogP contribution in [0.25, 0.3) is 0 Å². The van der Waals surface area contributed by atoms with Gasteiger partial charge in [0.1, 0.15) is 0 Å². The van der Waals surface area contributed by atoms with Crippen LogP contribution in [-0.4, -0.2) is 17.2 Å². The first-order valence-electron chi connectivity index (χ1n) is 7.76. The molecule has 0 fully saturated rings. The molecule has 4 nitrogen and oxygen atoms in total. The van der Waals surface area contributed by atoms with Crippen molar-refractivity contribution in [1.29, 1.82) is 0 Å². The Morgan fingerprint density at radius 2 is 1.71 bits per heavy atom. The van der Waals surface area contributed by atoms with E-state index in [-0.39, 0.29) is 12.0 Å². The maximum Gasteiger partial charge on any atom is 0.233 e. The summed E-state index contributed by atoms with van der Waals surface area (Å²) >= 11 is 0. The third-order valence-corrected chi connectivity index (χ3v) is 4.15. The highest BCUT2D eigenvalue weighted by Crippen LogP contribution is 2.33. The zero-order chi connectivity index (χ0) is 15.2. The third-order valence-electron chi connectivity index (χ3n) is 4.15. The summed E-state index contributed by atoms with van der Waals surface area (Å²) in [4.78, 5) is 0. The molecule has 21 heavy (non-hydrogen) atoms. The molecule has 0 saturated heterocycles. The van der Waals surface area contributed by atoms with Gasteiger partial charge in [0, 0.05) is 0 Å². The highest BCUT2D eigenvalue weighted by molar-refractivity contribution is 5.25. The summed E-state index contributed by atoms with van der Waals surface area (Å²) < 4.78 is 5.98. The lowest BCUT2D eigenvalue weighted by molar-refractivity contribution is 0.348. The minimum Gasteiger partial charge on any atom is -0.423 e. The summed E-state index contributed by atoms with van der Waals surface area (Å²) in [5.41, 5.74) is 1.24. The van der Waals surface area contributed by atoms with Gasteiger partial charge in [-0.25, -0.2) is 0 Å². The fourth-order valence-corrected chi connectivity index (χ4v) is 2.63. The van der Waals surface area contributed by atoms with Crippen molar-refractivity contribution >= 4 is 0 Å². The molecule has 0 aliphatic carbocycles. The van der Waals surface area contributed by atoms with Crippen molar-refractivity contribution in [1.82, 2.24) is 15.5 Å². The minimum absolute atomic E-state index is 0.125. The normalized spacial score (nSPS) is 15.6. The molecule has 1 aromatic carbocycles. The smallest absolute Gasteiger partial charge is 0.233 e. The van der Waals surface area contributed by atoms with E-state index in [0.717, 1.165) is 18.7 Å². The third kappa shape index (κ3) is 3.50. The van der Waals surface area contributed by atoms with Crippen LogP contribution in [0.4, 0.5) is 0 Å². The molecular formula is C17H25N3O. The standard InChI is InChI=1S/C17H25N3O/c1-5-12(3)15(13-10-8-7-9-11-13)17-20-19-16(21-17)14(6-2)18-4/h7-12,14-15,18H,5-6H2,1-4H3. The van der Waals surface area contributed by atoms with E-state index in [1.165, 1.54) is 5.56 Å². The summed E-state index contributed by atoms with van der Waals surface area (Å²) in [5.74, 6) is 2.01. The van der Waals surface area contributed by atoms with Gasteiger partial charge in [-0.15, -0.1) is 10.2 Å². The van der Waals surface area contributed by atoms with Gasteiger partial charge in [-0.05, 0) is 24.9 Å². The van der Waals surface area contributed by atoms with Crippen molar-refractivity contribution in [3.05, 3.63) is 47.7 Å². The monoisotopic (exact) mass is 287 g/mol. The number of aromatic nitrogens is 2. The minimum atomic E-state index is 0.125. The van der Waals surface area contributed by atoms with E-state index in [2.05, 4.69) is 60.6 Å². The summed E-state index contributed by atoms with van der Waals surface area (Å²) in [6.45, 7) is 6.53. The lowest BCUT2D eigenvalue weighted by Gasteiger charge is -2.20. The Morgan fingerprint density at radius 3 is 2.29 bits per heavy atom. The molecule has 114 valence electrons. The van der Waals surface area contributed by atoms with Crippen LogP contribution in [0.1, 0.15) is 62.9 Å². The molecule has 0 saturated carbocycles. The molecule has 0 aliphatic heterocycles. The Hall–Kier alpha value is -1.68. The van der Waals surface area contributed by atoms with Gasteiger partial charge in [0.25, 0.3) is 0 Å². The van der Waals surface area contributed by atoms with Gasteiger partial charge in [-0.2, -0.15) is 0 Å². The highest BCUT2D eigenvalue weighted by Gasteiger charge is 2.27. The molecule has 0 radical (unpaired) electrons. The van der Waals surface area contributed by atoms with E-state index in [9.17, 15) is 0 Å². The zero-order valence-corrected chi connectivity index (χ0v) is 13.3. The van der Waals surface area contributed by atoms with Crippen LogP contribution in [0.3, 0.4) is 0 Å². The molecule has 2 rings (SSSR count). The van der Waals surface area contributed by atoms with Crippen LogP contribution in [-0.2, 0) is 0 Å². The lowest BCUT2D eigenvalue weighted by Crippen LogP contribution is -2.15. The van der Waals surface area contributed by atoms with Crippen LogP contribution in [0.2, 0.25) is 0 Å². The van der Waals surface area contributed by atoms with Gasteiger partial charge < -0.3 is 9.73 Å². The Kier molecular flexibility index (Phi) is 5.51. The van der Waals surface area contributed by atoms with Gasteiger partial charge in [-0.1, -0.05) is 57.5 Å². The Balaban J connectivity index is 2.34. The predicted octanol–water partition coefficient (Wildman–Crippen LogP) is 3.92. The maximum atomic E-state index is 5.98. The quantitative estimate of drug-likeness (QED) is 0.838. The second-order valence-corrected chi connectivity index (χ2v) is 5.50. The van der Waals surface area contributed by atoms with E-state index in [1.807, 2.05) is 13.1 Å². The van der Waals surface area contributed by atoms with Gasteiger partial charge in [0.05, 0.1) is 12.0 Å². The Morgan fingerprint density at radius 1 is 1.05 bits per heavy atom. The first-order chi connectivity index (χ1) is 10.2. The van der Waals surface area contributed by atoms with Crippen LogP contribution < -0.4 is 5.32 Å². The van der Waals surface area contributed by atoms with Gasteiger partial charge in [0.2, 0.25) is 11.8 Å². The number of rotatable bonds is 7. The molecule has 4 heteroatoms. The van der Waals surface area contributed by atoms with Crippen molar-refractivity contribution in [3.63, 3.8) is 0 Å². The molecule has 0 amide bonds. The average Bonchev–Trinajstić information content (AvgIpc) is 2.99. The van der Waals surface area contributed by atoms with E-state index in [1.54, 1.807) is 0 Å². The molecule has 1 N–H and O–H groups in total. The zero-order valence-electron chi connectivity index (χ0n) is 13.3. The fraction of sp³-hybridized carbons (Fsp3) is 0.529. The molecular weight excluding hydrogens is 262 g/mol. The number of nitrogens with one attached hydrogen (secondary N) is 1. The molecule has 0 spiro atoms. The van der Waals surface area contributed by atoms with Crippen LogP contribution in [0.15, 0.2) is 34.7 Å². The molecule has 2 aromatic rings. The summed E-state index contributed by atoms with van der Waals surface area (Å²) in [7, 11) is 1.92. The maximum absolute atomic E-state index is 5.98. The molecule has 3 atom stereocenters. The fourth-order valence-electron chi connectivity index (χ4n) is 2.63. The second kappa shape index (κ2) is 7.36. The number of benzene rings is 1. The van der Waals surface area contributed by atoms with E-state index in [0.29, 0.717) is 11.8 Å². The molecule has 0 aliphatic rings. The number of nitrogens with zero attached hydrogens (tertiary/aromatic N) is 2. The first kappa shape index (κ1) is 15.7. The van der Waals surface area contributed by atoms with Crippen molar-refractivity contribution in [2.75, 3.05) is 7.05 Å². The molecule has 1 heterocycles. The SMILES string of the molecule is CCC(NC)c1nnc(C(c2ccccc2)C(C)CC)o1. The summed E-state index contributed by atoms with van der Waals surface area (Å²) in [6, 6.07) is 10.5. The Bertz CT molecular complexity index is 534. The second-order valence-electron chi connectivity index (χ2n) is 5.50. The van der Waals surface area contributed by atoms with Crippen LogP contribution in [0, 0.1) is 5.92 Å². The van der Waals surface area contributed by atoms with Gasteiger partial charge in [-0.3, -0.25) is 0 Å². The van der Waals surface area contributed by atoms with E-state index in [4.69, 9.17) is 4.42 Å². The highest BCUT2D eigenvalue weighted by atomic mass is 16.4. The Labute approximate surface area is 127 Å². The molecule has 0 bridgehead atoms. The molecule has 3 unspecified atom stereocenters. The van der Waals surface area contributed by atoms with E-state index >= 15 is 0 Å². The molecule has 1 aromatic heterocycles. The van der Waals surface area contributed by atoms with Crippen LogP contribution in [0.5, 0.6) is 0 Å². The van der Waals surface area contributed by atoms with Crippen LogP contribution >= 0.6 is 0 Å². The predicted molar refractivity (Wildman–Crippen MR) is 84.1 cm³/mol. The van der Waals surface area contributed by atoms with Gasteiger partial charge >= 0.3 is 0 Å². The largest absolute Gasteiger partial charge is 0.423 e. The van der Waals surface area contributed by atoms with Crippen molar-refractivity contribution in [2.24, 2.45) is 5.92 Å². The van der Waals surface area contributed by atoms with Crippen molar-refractivity contribution < 1.29 is 4.42 Å². The lowest BCUT2D eigenvalue weighted by atomic mass is 9.85.